The fourth-order valence-electron chi connectivity index (χ4n) is 4.43. The molecule has 1 aromatic carbocycles. The lowest BCUT2D eigenvalue weighted by atomic mass is 9.93. The van der Waals surface area contributed by atoms with Crippen LogP contribution in [0.15, 0.2) is 24.4 Å². The van der Waals surface area contributed by atoms with Crippen LogP contribution in [-0.4, -0.2) is 42.2 Å². The number of hydrogen-bond acceptors (Lipinski definition) is 4. The lowest BCUT2D eigenvalue weighted by molar-refractivity contribution is 0.110. The number of hydrogen-bond donors (Lipinski definition) is 2. The third kappa shape index (κ3) is 4.93. The van der Waals surface area contributed by atoms with Gasteiger partial charge in [-0.25, -0.2) is 9.78 Å². The summed E-state index contributed by atoms with van der Waals surface area (Å²) in [5.74, 6) is 0.636. The quantitative estimate of drug-likeness (QED) is 0.776. The van der Waals surface area contributed by atoms with Gasteiger partial charge in [-0.05, 0) is 74.4 Å². The standard InChI is InChI=1S/C22H28N4O2.C2H6/c1-14-12-15-4-3-5-18(15)21(25-22(23)27)20(14)16-6-9-24-19(13-16)28-17-7-10-26(2)11-8-17;1-2/h6,9,12-13,17H,3-5,7-8,10-11H2,1-2H3,(H3,23,25,27);1-2H3. The van der Waals surface area contributed by atoms with Gasteiger partial charge in [-0.3, -0.25) is 0 Å². The van der Waals surface area contributed by atoms with Gasteiger partial charge >= 0.3 is 6.03 Å². The smallest absolute Gasteiger partial charge is 0.316 e. The van der Waals surface area contributed by atoms with Crippen LogP contribution in [-0.2, 0) is 12.8 Å². The van der Waals surface area contributed by atoms with Crippen molar-refractivity contribution in [1.82, 2.24) is 9.88 Å². The molecule has 0 unspecified atom stereocenters. The van der Waals surface area contributed by atoms with Crippen molar-refractivity contribution in [2.24, 2.45) is 5.73 Å². The Morgan fingerprint density at radius 1 is 1.23 bits per heavy atom. The van der Waals surface area contributed by atoms with Crippen LogP contribution in [0, 0.1) is 6.92 Å². The first kappa shape index (κ1) is 22.1. The molecule has 162 valence electrons. The first-order valence-corrected chi connectivity index (χ1v) is 11.0. The second kappa shape index (κ2) is 9.94. The molecule has 3 N–H and O–H groups in total. The molecule has 1 saturated heterocycles. The van der Waals surface area contributed by atoms with Crippen molar-refractivity contribution < 1.29 is 9.53 Å². The van der Waals surface area contributed by atoms with Gasteiger partial charge in [-0.15, -0.1) is 0 Å². The minimum Gasteiger partial charge on any atom is -0.474 e. The summed E-state index contributed by atoms with van der Waals surface area (Å²) in [6.45, 7) is 8.17. The molecule has 1 aliphatic carbocycles. The van der Waals surface area contributed by atoms with E-state index in [-0.39, 0.29) is 6.10 Å². The first-order chi connectivity index (χ1) is 14.5. The number of benzene rings is 1. The highest BCUT2D eigenvalue weighted by molar-refractivity contribution is 5.96. The Labute approximate surface area is 179 Å². The van der Waals surface area contributed by atoms with Gasteiger partial charge in [-0.2, -0.15) is 0 Å². The van der Waals surface area contributed by atoms with Crippen LogP contribution in [0.25, 0.3) is 11.1 Å². The Bertz CT molecular complexity index is 889. The number of amides is 2. The van der Waals surface area contributed by atoms with Gasteiger partial charge in [0.2, 0.25) is 5.88 Å². The number of rotatable bonds is 4. The maximum Gasteiger partial charge on any atom is 0.316 e. The van der Waals surface area contributed by atoms with Gasteiger partial charge in [0.1, 0.15) is 6.10 Å². The summed E-state index contributed by atoms with van der Waals surface area (Å²) in [4.78, 5) is 18.4. The highest BCUT2D eigenvalue weighted by Crippen LogP contribution is 2.40. The number of aryl methyl sites for hydroxylation is 2. The molecule has 2 aliphatic rings. The van der Waals surface area contributed by atoms with Crippen LogP contribution in [0.5, 0.6) is 5.88 Å². The molecule has 6 nitrogen and oxygen atoms in total. The van der Waals surface area contributed by atoms with Gasteiger partial charge in [0.25, 0.3) is 0 Å². The number of fused-ring (bicyclic) bond motifs is 1. The molecule has 0 atom stereocenters. The molecule has 2 aromatic rings. The number of ether oxygens (including phenoxy) is 1. The van der Waals surface area contributed by atoms with Crippen LogP contribution >= 0.6 is 0 Å². The number of primary amides is 1. The number of nitrogens with two attached hydrogens (primary N) is 1. The average Bonchev–Trinajstić information content (AvgIpc) is 3.19. The summed E-state index contributed by atoms with van der Waals surface area (Å²) < 4.78 is 6.17. The Kier molecular flexibility index (Phi) is 7.32. The molecule has 1 aromatic heterocycles. The van der Waals surface area contributed by atoms with Gasteiger partial charge in [-0.1, -0.05) is 19.9 Å². The number of carbonyl (C=O) groups excluding carboxylic acids is 1. The maximum absolute atomic E-state index is 11.7. The molecule has 0 bridgehead atoms. The van der Waals surface area contributed by atoms with E-state index in [1.165, 1.54) is 11.1 Å². The summed E-state index contributed by atoms with van der Waals surface area (Å²) in [5.41, 5.74) is 12.0. The van der Waals surface area contributed by atoms with E-state index < -0.39 is 6.03 Å². The minimum absolute atomic E-state index is 0.197. The van der Waals surface area contributed by atoms with E-state index in [2.05, 4.69) is 35.2 Å². The average molecular weight is 411 g/mol. The number of carbonyl (C=O) groups is 1. The topological polar surface area (TPSA) is 80.5 Å². The lowest BCUT2D eigenvalue weighted by Crippen LogP contribution is -2.35. The Morgan fingerprint density at radius 2 is 1.97 bits per heavy atom. The number of likely N-dealkylation sites (tertiary alicyclic amines) is 1. The van der Waals surface area contributed by atoms with E-state index in [1.807, 2.05) is 26.0 Å². The predicted molar refractivity (Wildman–Crippen MR) is 122 cm³/mol. The maximum atomic E-state index is 11.7. The van der Waals surface area contributed by atoms with E-state index in [9.17, 15) is 4.79 Å². The van der Waals surface area contributed by atoms with Crippen molar-refractivity contribution in [3.05, 3.63) is 41.1 Å². The minimum atomic E-state index is -0.530. The number of piperidine rings is 1. The zero-order valence-corrected chi connectivity index (χ0v) is 18.6. The molecular formula is C24H34N4O2. The fraction of sp³-hybridized carbons (Fsp3) is 0.500. The molecule has 30 heavy (non-hydrogen) atoms. The molecule has 2 amide bonds. The number of anilines is 1. The number of aromatic nitrogens is 1. The summed E-state index contributed by atoms with van der Waals surface area (Å²) in [5, 5.41) is 2.89. The molecular weight excluding hydrogens is 376 g/mol. The van der Waals surface area contributed by atoms with Gasteiger partial charge < -0.3 is 20.7 Å². The number of nitrogens with one attached hydrogen (secondary N) is 1. The highest BCUT2D eigenvalue weighted by atomic mass is 16.5. The number of pyridine rings is 1. The van der Waals surface area contributed by atoms with E-state index in [1.54, 1.807) is 6.20 Å². The SMILES string of the molecule is CC.Cc1cc2c(c(NC(N)=O)c1-c1ccnc(OC3CCN(C)CC3)c1)CCC2. The summed E-state index contributed by atoms with van der Waals surface area (Å²) in [7, 11) is 2.14. The molecule has 1 fully saturated rings. The van der Waals surface area contributed by atoms with Crippen LogP contribution in [0.3, 0.4) is 0 Å². The molecule has 0 radical (unpaired) electrons. The molecule has 2 heterocycles. The van der Waals surface area contributed by atoms with Crippen molar-refractivity contribution in [1.29, 1.82) is 0 Å². The first-order valence-electron chi connectivity index (χ1n) is 11.0. The summed E-state index contributed by atoms with van der Waals surface area (Å²) in [6, 6.07) is 5.66. The van der Waals surface area contributed by atoms with E-state index in [4.69, 9.17) is 10.5 Å². The zero-order valence-electron chi connectivity index (χ0n) is 18.6. The van der Waals surface area contributed by atoms with Crippen molar-refractivity contribution >= 4 is 11.7 Å². The van der Waals surface area contributed by atoms with Gasteiger partial charge in [0, 0.05) is 30.9 Å². The van der Waals surface area contributed by atoms with Crippen molar-refractivity contribution in [3.8, 4) is 17.0 Å². The molecule has 0 saturated carbocycles. The number of urea groups is 1. The Balaban J connectivity index is 0.00000124. The van der Waals surface area contributed by atoms with Gasteiger partial charge in [0.15, 0.2) is 0 Å². The van der Waals surface area contributed by atoms with Crippen molar-refractivity contribution in [2.45, 2.75) is 59.0 Å². The molecule has 6 heteroatoms. The molecule has 0 spiro atoms. The van der Waals surface area contributed by atoms with E-state index in [0.717, 1.165) is 67.6 Å². The normalized spacial score (nSPS) is 16.4. The number of nitrogens with zero attached hydrogens (tertiary/aromatic N) is 2. The summed E-state index contributed by atoms with van der Waals surface area (Å²) in [6.07, 6.45) is 7.10. The van der Waals surface area contributed by atoms with Gasteiger partial charge in [0.05, 0.1) is 5.69 Å². The van der Waals surface area contributed by atoms with Crippen molar-refractivity contribution in [3.63, 3.8) is 0 Å². The lowest BCUT2D eigenvalue weighted by Gasteiger charge is -2.29. The fourth-order valence-corrected chi connectivity index (χ4v) is 4.43. The monoisotopic (exact) mass is 410 g/mol. The summed E-state index contributed by atoms with van der Waals surface area (Å²) >= 11 is 0. The highest BCUT2D eigenvalue weighted by Gasteiger charge is 2.23. The van der Waals surface area contributed by atoms with Crippen LogP contribution in [0.1, 0.15) is 49.8 Å². The second-order valence-electron chi connectivity index (χ2n) is 7.93. The van der Waals surface area contributed by atoms with E-state index in [0.29, 0.717) is 5.88 Å². The molecule has 4 rings (SSSR count). The third-order valence-electron chi connectivity index (χ3n) is 5.82. The predicted octanol–water partition coefficient (Wildman–Crippen LogP) is 4.54. The largest absolute Gasteiger partial charge is 0.474 e. The second-order valence-corrected chi connectivity index (χ2v) is 7.93. The van der Waals surface area contributed by atoms with Crippen LogP contribution in [0.4, 0.5) is 10.5 Å². The zero-order chi connectivity index (χ0) is 21.7. The molecule has 1 aliphatic heterocycles. The Morgan fingerprint density at radius 3 is 2.67 bits per heavy atom. The van der Waals surface area contributed by atoms with Crippen LogP contribution in [0.2, 0.25) is 0 Å². The van der Waals surface area contributed by atoms with Crippen LogP contribution < -0.4 is 15.8 Å². The Hall–Kier alpha value is -2.60. The van der Waals surface area contributed by atoms with Crippen molar-refractivity contribution in [2.75, 3.05) is 25.5 Å². The third-order valence-corrected chi connectivity index (χ3v) is 5.82. The van der Waals surface area contributed by atoms with E-state index >= 15 is 0 Å².